The number of benzene rings is 3. The van der Waals surface area contributed by atoms with Gasteiger partial charge in [-0.25, -0.2) is 0 Å². The van der Waals surface area contributed by atoms with E-state index in [1.54, 1.807) is 42.1 Å². The maximum atomic E-state index is 12.2. The van der Waals surface area contributed by atoms with Crippen LogP contribution in [0.3, 0.4) is 0 Å². The number of esters is 1. The largest absolute Gasteiger partial charge is 0.455 e. The number of hydrazine groups is 1. The van der Waals surface area contributed by atoms with Crippen LogP contribution in [-0.2, 0) is 19.1 Å². The van der Waals surface area contributed by atoms with E-state index >= 15 is 0 Å². The van der Waals surface area contributed by atoms with Crippen LogP contribution in [0.5, 0.6) is 0 Å². The summed E-state index contributed by atoms with van der Waals surface area (Å²) in [5, 5.41) is 3.69. The molecule has 0 spiro atoms. The molecule has 3 N–H and O–H groups in total. The third-order valence-corrected chi connectivity index (χ3v) is 6.37. The van der Waals surface area contributed by atoms with E-state index in [1.165, 1.54) is 6.07 Å². The number of carbonyl (C=O) groups excluding carboxylic acids is 4. The average molecular weight is 560 g/mol. The minimum Gasteiger partial charge on any atom is -0.455 e. The molecular formula is C26H23Cl2N3O5S. The average Bonchev–Trinajstić information content (AvgIpc) is 2.89. The lowest BCUT2D eigenvalue weighted by Gasteiger charge is -2.09. The summed E-state index contributed by atoms with van der Waals surface area (Å²) in [4.78, 5) is 49.8. The van der Waals surface area contributed by atoms with Crippen molar-refractivity contribution >= 4 is 64.3 Å². The molecular weight excluding hydrogens is 537 g/mol. The molecule has 0 aromatic heterocycles. The van der Waals surface area contributed by atoms with Gasteiger partial charge in [-0.3, -0.25) is 30.0 Å². The summed E-state index contributed by atoms with van der Waals surface area (Å²) in [6, 6.07) is 21.2. The summed E-state index contributed by atoms with van der Waals surface area (Å²) in [5.41, 5.74) is 5.16. The number of hydrogen-bond donors (Lipinski definition) is 3. The summed E-state index contributed by atoms with van der Waals surface area (Å²) in [7, 11) is 0. The molecule has 0 aliphatic carbocycles. The summed E-state index contributed by atoms with van der Waals surface area (Å²) in [6.07, 6.45) is 0.319. The van der Waals surface area contributed by atoms with Gasteiger partial charge in [-0.05, 0) is 67.1 Å². The van der Waals surface area contributed by atoms with Gasteiger partial charge in [0.05, 0.1) is 10.6 Å². The number of rotatable bonds is 10. The zero-order valence-corrected chi connectivity index (χ0v) is 21.8. The third kappa shape index (κ3) is 9.80. The Morgan fingerprint density at radius 3 is 2.08 bits per heavy atom. The number of carbonyl (C=O) groups is 4. The molecule has 192 valence electrons. The van der Waals surface area contributed by atoms with Crippen LogP contribution < -0.4 is 16.2 Å². The normalized spacial score (nSPS) is 10.3. The molecule has 0 radical (unpaired) electrons. The summed E-state index contributed by atoms with van der Waals surface area (Å²) in [5.74, 6) is -2.20. The minimum absolute atomic E-state index is 0.0383. The summed E-state index contributed by atoms with van der Waals surface area (Å²) < 4.78 is 4.86. The summed E-state index contributed by atoms with van der Waals surface area (Å²) >= 11 is 13.4. The van der Waals surface area contributed by atoms with Crippen molar-refractivity contribution in [3.05, 3.63) is 88.4 Å². The van der Waals surface area contributed by atoms with E-state index in [1.807, 2.05) is 36.4 Å². The fourth-order valence-electron chi connectivity index (χ4n) is 2.96. The highest BCUT2D eigenvalue weighted by atomic mass is 35.5. The Labute approximate surface area is 228 Å². The van der Waals surface area contributed by atoms with Gasteiger partial charge in [-0.2, -0.15) is 0 Å². The molecule has 0 aliphatic rings. The number of hydrogen-bond acceptors (Lipinski definition) is 6. The van der Waals surface area contributed by atoms with E-state index in [9.17, 15) is 19.2 Å². The van der Waals surface area contributed by atoms with Gasteiger partial charge in [0.15, 0.2) is 6.61 Å². The first-order valence-electron chi connectivity index (χ1n) is 11.1. The standard InChI is InChI=1S/C26H23Cl2N3O5S/c27-17-8-12-19(13-9-17)37-20-14-10-18(11-15-20)29-23(32)6-3-7-25(34)36-16-24(33)30-31-26(35)21-4-1-2-5-22(21)28/h1-2,4-5,8-15H,3,6-7,16H2,(H,29,32)(H,30,33)(H,31,35). The van der Waals surface area contributed by atoms with Crippen LogP contribution >= 0.6 is 35.0 Å². The van der Waals surface area contributed by atoms with E-state index in [-0.39, 0.29) is 35.8 Å². The lowest BCUT2D eigenvalue weighted by molar-refractivity contribution is -0.148. The predicted molar refractivity (Wildman–Crippen MR) is 143 cm³/mol. The lowest BCUT2D eigenvalue weighted by atomic mass is 10.2. The molecule has 3 rings (SSSR count). The van der Waals surface area contributed by atoms with Crippen LogP contribution in [0.1, 0.15) is 29.6 Å². The Balaban J connectivity index is 1.29. The second kappa shape index (κ2) is 14.3. The first-order chi connectivity index (χ1) is 17.8. The van der Waals surface area contributed by atoms with Gasteiger partial charge in [-0.15, -0.1) is 0 Å². The Hall–Kier alpha value is -3.53. The van der Waals surface area contributed by atoms with Gasteiger partial charge < -0.3 is 10.1 Å². The Morgan fingerprint density at radius 2 is 1.41 bits per heavy atom. The Bertz CT molecular complexity index is 1250. The van der Waals surface area contributed by atoms with Crippen molar-refractivity contribution in [2.45, 2.75) is 29.1 Å². The van der Waals surface area contributed by atoms with E-state index in [4.69, 9.17) is 27.9 Å². The maximum absolute atomic E-state index is 12.2. The molecule has 3 amide bonds. The van der Waals surface area contributed by atoms with Crippen LogP contribution in [-0.4, -0.2) is 30.3 Å². The monoisotopic (exact) mass is 559 g/mol. The number of halogens is 2. The third-order valence-electron chi connectivity index (χ3n) is 4.77. The van der Waals surface area contributed by atoms with Gasteiger partial charge in [0.2, 0.25) is 5.91 Å². The highest BCUT2D eigenvalue weighted by Crippen LogP contribution is 2.29. The molecule has 8 nitrogen and oxygen atoms in total. The second-order valence-corrected chi connectivity index (χ2v) is 9.62. The van der Waals surface area contributed by atoms with Crippen molar-refractivity contribution in [3.8, 4) is 0 Å². The fourth-order valence-corrected chi connectivity index (χ4v) is 4.12. The van der Waals surface area contributed by atoms with Gasteiger partial charge in [0.1, 0.15) is 0 Å². The van der Waals surface area contributed by atoms with E-state index in [0.717, 1.165) is 9.79 Å². The van der Waals surface area contributed by atoms with Crippen LogP contribution in [0.25, 0.3) is 0 Å². The van der Waals surface area contributed by atoms with E-state index in [0.29, 0.717) is 10.7 Å². The predicted octanol–water partition coefficient (Wildman–Crippen LogP) is 5.26. The molecule has 37 heavy (non-hydrogen) atoms. The molecule has 0 saturated heterocycles. The fraction of sp³-hybridized carbons (Fsp3) is 0.154. The molecule has 0 unspecified atom stereocenters. The number of amides is 3. The van der Waals surface area contributed by atoms with Gasteiger partial charge in [-0.1, -0.05) is 47.1 Å². The zero-order valence-electron chi connectivity index (χ0n) is 19.5. The number of anilines is 1. The molecule has 0 atom stereocenters. The van der Waals surface area contributed by atoms with Crippen molar-refractivity contribution in [1.82, 2.24) is 10.9 Å². The lowest BCUT2D eigenvalue weighted by Crippen LogP contribution is -2.43. The minimum atomic E-state index is -0.718. The Kier molecular flexibility index (Phi) is 10.8. The Morgan fingerprint density at radius 1 is 0.757 bits per heavy atom. The van der Waals surface area contributed by atoms with Crippen molar-refractivity contribution in [1.29, 1.82) is 0 Å². The van der Waals surface area contributed by atoms with E-state index in [2.05, 4.69) is 16.2 Å². The second-order valence-electron chi connectivity index (χ2n) is 7.62. The molecule has 0 saturated carbocycles. The van der Waals surface area contributed by atoms with Gasteiger partial charge in [0.25, 0.3) is 11.8 Å². The maximum Gasteiger partial charge on any atom is 0.306 e. The van der Waals surface area contributed by atoms with Crippen molar-refractivity contribution in [2.24, 2.45) is 0 Å². The molecule has 0 aliphatic heterocycles. The molecule has 3 aromatic rings. The van der Waals surface area contributed by atoms with Crippen LogP contribution in [0.4, 0.5) is 5.69 Å². The molecule has 11 heteroatoms. The van der Waals surface area contributed by atoms with Gasteiger partial charge in [0, 0.05) is 33.3 Å². The van der Waals surface area contributed by atoms with Crippen molar-refractivity contribution in [3.63, 3.8) is 0 Å². The summed E-state index contributed by atoms with van der Waals surface area (Å²) in [6.45, 7) is -0.575. The highest BCUT2D eigenvalue weighted by molar-refractivity contribution is 7.99. The molecule has 0 bridgehead atoms. The molecule has 3 aromatic carbocycles. The quantitative estimate of drug-likeness (QED) is 0.230. The zero-order chi connectivity index (χ0) is 26.6. The smallest absolute Gasteiger partial charge is 0.306 e. The first-order valence-corrected chi connectivity index (χ1v) is 12.7. The van der Waals surface area contributed by atoms with Gasteiger partial charge >= 0.3 is 5.97 Å². The SMILES string of the molecule is O=C(COC(=O)CCCC(=O)Nc1ccc(Sc2ccc(Cl)cc2)cc1)NNC(=O)c1ccccc1Cl. The molecule has 0 heterocycles. The molecule has 0 fully saturated rings. The van der Waals surface area contributed by atoms with E-state index < -0.39 is 24.4 Å². The highest BCUT2D eigenvalue weighted by Gasteiger charge is 2.12. The van der Waals surface area contributed by atoms with Crippen molar-refractivity contribution < 1.29 is 23.9 Å². The van der Waals surface area contributed by atoms with Crippen LogP contribution in [0, 0.1) is 0 Å². The first kappa shape index (κ1) is 28.0. The number of ether oxygens (including phenoxy) is 1. The topological polar surface area (TPSA) is 114 Å². The van der Waals surface area contributed by atoms with Crippen LogP contribution in [0.15, 0.2) is 82.6 Å². The number of nitrogens with one attached hydrogen (secondary N) is 3. The van der Waals surface area contributed by atoms with Crippen molar-refractivity contribution in [2.75, 3.05) is 11.9 Å². The van der Waals surface area contributed by atoms with Crippen LogP contribution in [0.2, 0.25) is 10.0 Å².